The van der Waals surface area contributed by atoms with Gasteiger partial charge in [0.25, 0.3) is 5.91 Å². The lowest BCUT2D eigenvalue weighted by Crippen LogP contribution is -2.48. The van der Waals surface area contributed by atoms with Crippen LogP contribution in [0.2, 0.25) is 10.0 Å². The van der Waals surface area contributed by atoms with E-state index >= 15 is 0 Å². The monoisotopic (exact) mass is 432 g/mol. The normalized spacial score (nSPS) is 14.4. The van der Waals surface area contributed by atoms with Crippen LogP contribution in [0, 0.1) is 0 Å². The zero-order valence-electron chi connectivity index (χ0n) is 15.0. The molecule has 144 valence electrons. The van der Waals surface area contributed by atoms with Crippen LogP contribution in [-0.4, -0.2) is 46.3 Å². The van der Waals surface area contributed by atoms with E-state index < -0.39 is 0 Å². The lowest BCUT2D eigenvalue weighted by atomic mass is 10.1. The highest BCUT2D eigenvalue weighted by Gasteiger charge is 2.25. The van der Waals surface area contributed by atoms with E-state index in [1.165, 1.54) is 17.1 Å². The van der Waals surface area contributed by atoms with Gasteiger partial charge in [0, 0.05) is 49.2 Å². The van der Waals surface area contributed by atoms with Crippen LogP contribution in [0.3, 0.4) is 0 Å². The maximum absolute atomic E-state index is 12.7. The predicted octanol–water partition coefficient (Wildman–Crippen LogP) is 4.40. The summed E-state index contributed by atoms with van der Waals surface area (Å²) < 4.78 is 4.49. The highest BCUT2D eigenvalue weighted by Crippen LogP contribution is 2.24. The van der Waals surface area contributed by atoms with Crippen LogP contribution in [0.4, 0.5) is 5.13 Å². The summed E-state index contributed by atoms with van der Waals surface area (Å²) in [6.45, 7) is 2.67. The molecule has 0 aliphatic carbocycles. The lowest BCUT2D eigenvalue weighted by molar-refractivity contribution is 0.0747. The van der Waals surface area contributed by atoms with E-state index in [4.69, 9.17) is 23.2 Å². The minimum Gasteiger partial charge on any atom is -0.343 e. The fourth-order valence-corrected chi connectivity index (χ4v) is 4.38. The Morgan fingerprint density at radius 2 is 1.79 bits per heavy atom. The number of carbonyl (C=O) groups excluding carboxylic acids is 1. The molecule has 3 aromatic rings. The van der Waals surface area contributed by atoms with E-state index in [1.54, 1.807) is 18.2 Å². The van der Waals surface area contributed by atoms with Crippen LogP contribution < -0.4 is 4.90 Å². The quantitative estimate of drug-likeness (QED) is 0.612. The first-order valence-corrected chi connectivity index (χ1v) is 10.5. The summed E-state index contributed by atoms with van der Waals surface area (Å²) in [7, 11) is 0. The number of hydrogen-bond acceptors (Lipinski definition) is 5. The van der Waals surface area contributed by atoms with E-state index in [9.17, 15) is 4.79 Å². The van der Waals surface area contributed by atoms with Crippen LogP contribution in [-0.2, 0) is 6.42 Å². The molecule has 1 aromatic heterocycles. The maximum atomic E-state index is 12.7. The molecule has 1 fully saturated rings. The number of piperazine rings is 1. The van der Waals surface area contributed by atoms with Crippen molar-refractivity contribution in [3.05, 3.63) is 75.5 Å². The van der Waals surface area contributed by atoms with Gasteiger partial charge in [-0.15, -0.1) is 0 Å². The summed E-state index contributed by atoms with van der Waals surface area (Å²) in [6.07, 6.45) is 0.727. The summed E-state index contributed by atoms with van der Waals surface area (Å²) in [5.41, 5.74) is 1.68. The Hall–Kier alpha value is -2.15. The van der Waals surface area contributed by atoms with Crippen molar-refractivity contribution < 1.29 is 4.79 Å². The number of amides is 1. The smallest absolute Gasteiger partial charge is 0.255 e. The highest BCUT2D eigenvalue weighted by atomic mass is 35.5. The Labute approximate surface area is 177 Å². The van der Waals surface area contributed by atoms with Crippen molar-refractivity contribution >= 4 is 45.8 Å². The fraction of sp³-hybridized carbons (Fsp3) is 0.250. The second-order valence-corrected chi connectivity index (χ2v) is 8.13. The highest BCUT2D eigenvalue weighted by molar-refractivity contribution is 7.09. The van der Waals surface area contributed by atoms with Crippen LogP contribution in [0.1, 0.15) is 21.7 Å². The molecule has 28 heavy (non-hydrogen) atoms. The van der Waals surface area contributed by atoms with Crippen molar-refractivity contribution in [2.45, 2.75) is 6.42 Å². The summed E-state index contributed by atoms with van der Waals surface area (Å²) in [6, 6.07) is 15.2. The van der Waals surface area contributed by atoms with E-state index in [-0.39, 0.29) is 5.91 Å². The molecular formula is C20H18Cl2N4OS. The molecule has 2 aromatic carbocycles. The third-order valence-electron chi connectivity index (χ3n) is 4.66. The van der Waals surface area contributed by atoms with Gasteiger partial charge in [0.15, 0.2) is 0 Å². The standard InChI is InChI=1S/C20H18Cl2N4OS/c21-15-6-7-16(17(22)13-15)19(27)25-8-10-26(11-9-25)20-23-18(24-28-20)12-14-4-2-1-3-5-14/h1-7,13H,8-12H2. The molecule has 2 heterocycles. The SMILES string of the molecule is O=C(c1ccc(Cl)cc1Cl)N1CCN(c2nc(Cc3ccccc3)ns2)CC1. The zero-order valence-corrected chi connectivity index (χ0v) is 17.3. The molecule has 5 nitrogen and oxygen atoms in total. The molecule has 8 heteroatoms. The Morgan fingerprint density at radius 3 is 2.50 bits per heavy atom. The molecule has 0 atom stereocenters. The van der Waals surface area contributed by atoms with Gasteiger partial charge in [0.2, 0.25) is 5.13 Å². The average Bonchev–Trinajstić information content (AvgIpc) is 3.17. The van der Waals surface area contributed by atoms with Crippen LogP contribution in [0.25, 0.3) is 0 Å². The van der Waals surface area contributed by atoms with E-state index in [1.807, 2.05) is 23.1 Å². The minimum absolute atomic E-state index is 0.0663. The van der Waals surface area contributed by atoms with Crippen LogP contribution in [0.5, 0.6) is 0 Å². The van der Waals surface area contributed by atoms with Crippen molar-refractivity contribution in [2.75, 3.05) is 31.1 Å². The molecular weight excluding hydrogens is 415 g/mol. The molecule has 4 rings (SSSR count). The largest absolute Gasteiger partial charge is 0.343 e. The number of benzene rings is 2. The molecule has 0 N–H and O–H groups in total. The fourth-order valence-electron chi connectivity index (χ4n) is 3.16. The van der Waals surface area contributed by atoms with Crippen molar-refractivity contribution in [2.24, 2.45) is 0 Å². The number of anilines is 1. The number of halogens is 2. The number of aromatic nitrogens is 2. The van der Waals surface area contributed by atoms with Crippen LogP contribution >= 0.6 is 34.7 Å². The van der Waals surface area contributed by atoms with Crippen molar-refractivity contribution in [1.82, 2.24) is 14.3 Å². The molecule has 0 spiro atoms. The Kier molecular flexibility index (Phi) is 5.80. The van der Waals surface area contributed by atoms with Gasteiger partial charge in [0.05, 0.1) is 10.6 Å². The first-order chi connectivity index (χ1) is 13.6. The molecule has 1 saturated heterocycles. The topological polar surface area (TPSA) is 49.3 Å². The summed E-state index contributed by atoms with van der Waals surface area (Å²) >= 11 is 13.5. The Bertz CT molecular complexity index is 971. The second kappa shape index (κ2) is 8.47. The molecule has 0 unspecified atom stereocenters. The first kappa shape index (κ1) is 19.2. The minimum atomic E-state index is -0.0663. The van der Waals surface area contributed by atoms with Gasteiger partial charge >= 0.3 is 0 Å². The predicted molar refractivity (Wildman–Crippen MR) is 114 cm³/mol. The molecule has 1 aliphatic heterocycles. The van der Waals surface area contributed by atoms with E-state index in [0.717, 1.165) is 30.5 Å². The Balaban J connectivity index is 1.37. The number of carbonyl (C=O) groups is 1. The van der Waals surface area contributed by atoms with Gasteiger partial charge in [0.1, 0.15) is 5.82 Å². The number of nitrogens with zero attached hydrogens (tertiary/aromatic N) is 4. The van der Waals surface area contributed by atoms with Crippen molar-refractivity contribution in [3.63, 3.8) is 0 Å². The van der Waals surface area contributed by atoms with E-state index in [0.29, 0.717) is 28.7 Å². The summed E-state index contributed by atoms with van der Waals surface area (Å²) in [5, 5.41) is 1.81. The first-order valence-electron chi connectivity index (χ1n) is 8.96. The molecule has 0 bridgehead atoms. The third-order valence-corrected chi connectivity index (χ3v) is 6.02. The number of rotatable bonds is 4. The zero-order chi connectivity index (χ0) is 19.5. The molecule has 0 saturated carbocycles. The van der Waals surface area contributed by atoms with Gasteiger partial charge in [-0.3, -0.25) is 4.79 Å². The van der Waals surface area contributed by atoms with Gasteiger partial charge in [-0.1, -0.05) is 53.5 Å². The Morgan fingerprint density at radius 1 is 1.04 bits per heavy atom. The molecule has 1 aliphatic rings. The van der Waals surface area contributed by atoms with E-state index in [2.05, 4.69) is 26.4 Å². The lowest BCUT2D eigenvalue weighted by Gasteiger charge is -2.34. The van der Waals surface area contributed by atoms with Gasteiger partial charge in [-0.2, -0.15) is 4.37 Å². The third kappa shape index (κ3) is 4.29. The summed E-state index contributed by atoms with van der Waals surface area (Å²) in [4.78, 5) is 21.4. The van der Waals surface area contributed by atoms with Crippen LogP contribution in [0.15, 0.2) is 48.5 Å². The van der Waals surface area contributed by atoms with Gasteiger partial charge in [-0.05, 0) is 23.8 Å². The second-order valence-electron chi connectivity index (χ2n) is 6.56. The molecule has 0 radical (unpaired) electrons. The van der Waals surface area contributed by atoms with Crippen molar-refractivity contribution in [3.8, 4) is 0 Å². The average molecular weight is 433 g/mol. The number of hydrogen-bond donors (Lipinski definition) is 0. The van der Waals surface area contributed by atoms with Crippen molar-refractivity contribution in [1.29, 1.82) is 0 Å². The summed E-state index contributed by atoms with van der Waals surface area (Å²) in [5.74, 6) is 0.765. The maximum Gasteiger partial charge on any atom is 0.255 e. The molecule has 1 amide bonds. The van der Waals surface area contributed by atoms with Gasteiger partial charge in [-0.25, -0.2) is 4.98 Å². The van der Waals surface area contributed by atoms with Gasteiger partial charge < -0.3 is 9.80 Å².